The van der Waals surface area contributed by atoms with Crippen LogP contribution in [0.15, 0.2) is 77.2 Å². The van der Waals surface area contributed by atoms with E-state index in [0.717, 1.165) is 17.4 Å². The van der Waals surface area contributed by atoms with Gasteiger partial charge in [0.1, 0.15) is 11.4 Å². The smallest absolute Gasteiger partial charge is 0.258 e. The van der Waals surface area contributed by atoms with Crippen LogP contribution >= 0.6 is 11.8 Å². The van der Waals surface area contributed by atoms with Crippen LogP contribution in [0.3, 0.4) is 0 Å². The number of nitrogens with one attached hydrogen (secondary N) is 1. The van der Waals surface area contributed by atoms with Crippen molar-refractivity contribution < 1.29 is 14.6 Å². The molecule has 1 amide bonds. The van der Waals surface area contributed by atoms with Crippen LogP contribution in [0.5, 0.6) is 11.6 Å². The zero-order valence-corrected chi connectivity index (χ0v) is 20.5. The van der Waals surface area contributed by atoms with Crippen molar-refractivity contribution in [1.29, 1.82) is 0 Å². The Bertz CT molecular complexity index is 1370. The van der Waals surface area contributed by atoms with Gasteiger partial charge in [-0.15, -0.1) is 0 Å². The summed E-state index contributed by atoms with van der Waals surface area (Å²) in [6, 6.07) is 18.1. The highest BCUT2D eigenvalue weighted by atomic mass is 32.2. The number of nitrogens with two attached hydrogens (primary N) is 1. The SMILES string of the molecule is Nc1nc(NC(=O)c2ccccc2)nc(Sc2ncc(N3CCC(O)CC3)c(Oc3ccccc3)n2)n1. The van der Waals surface area contributed by atoms with Gasteiger partial charge in [0.25, 0.3) is 5.91 Å². The van der Waals surface area contributed by atoms with Crippen molar-refractivity contribution in [2.75, 3.05) is 29.0 Å². The van der Waals surface area contributed by atoms with Gasteiger partial charge in [-0.3, -0.25) is 10.1 Å². The Balaban J connectivity index is 1.39. The van der Waals surface area contributed by atoms with E-state index in [1.54, 1.807) is 30.5 Å². The molecule has 1 aliphatic rings. The van der Waals surface area contributed by atoms with Crippen molar-refractivity contribution in [2.24, 2.45) is 0 Å². The highest BCUT2D eigenvalue weighted by Crippen LogP contribution is 2.34. The van der Waals surface area contributed by atoms with E-state index in [2.05, 4.69) is 35.1 Å². The molecular weight excluding hydrogens is 492 g/mol. The number of amides is 1. The predicted molar refractivity (Wildman–Crippen MR) is 139 cm³/mol. The van der Waals surface area contributed by atoms with Gasteiger partial charge in [-0.1, -0.05) is 36.4 Å². The van der Waals surface area contributed by atoms with Gasteiger partial charge in [-0.05, 0) is 48.9 Å². The summed E-state index contributed by atoms with van der Waals surface area (Å²) >= 11 is 1.07. The maximum atomic E-state index is 12.5. The van der Waals surface area contributed by atoms with Crippen LogP contribution in [-0.4, -0.2) is 55.1 Å². The zero-order chi connectivity index (χ0) is 25.6. The molecule has 0 saturated carbocycles. The quantitative estimate of drug-likeness (QED) is 0.310. The van der Waals surface area contributed by atoms with E-state index >= 15 is 0 Å². The van der Waals surface area contributed by atoms with Crippen molar-refractivity contribution >= 4 is 35.3 Å². The van der Waals surface area contributed by atoms with Crippen LogP contribution < -0.4 is 20.7 Å². The molecule has 0 unspecified atom stereocenters. The fourth-order valence-corrected chi connectivity index (χ4v) is 4.38. The molecule has 2 aromatic heterocycles. The molecule has 11 nitrogen and oxygen atoms in total. The summed E-state index contributed by atoms with van der Waals surface area (Å²) in [6.07, 6.45) is 2.69. The molecule has 0 aliphatic carbocycles. The standard InChI is InChI=1S/C25H24N8O3S/c26-22-30-23(28-20(35)16-7-3-1-4-8-16)32-25(31-22)37-24-27-15-19(33-13-11-17(34)12-14-33)21(29-24)36-18-9-5-2-6-10-18/h1-10,15,17,34H,11-14H2,(H3,26,28,30,31,32,35). The van der Waals surface area contributed by atoms with Crippen molar-refractivity contribution in [1.82, 2.24) is 24.9 Å². The molecule has 3 heterocycles. The fraction of sp³-hybridized carbons (Fsp3) is 0.200. The van der Waals surface area contributed by atoms with E-state index in [9.17, 15) is 9.90 Å². The van der Waals surface area contributed by atoms with Gasteiger partial charge in [-0.25, -0.2) is 4.98 Å². The Hall–Kier alpha value is -4.29. The molecule has 0 radical (unpaired) electrons. The lowest BCUT2D eigenvalue weighted by Crippen LogP contribution is -2.36. The number of anilines is 3. The number of carbonyl (C=O) groups is 1. The molecule has 188 valence electrons. The number of piperidine rings is 1. The van der Waals surface area contributed by atoms with E-state index in [-0.39, 0.29) is 29.1 Å². The molecule has 1 saturated heterocycles. The van der Waals surface area contributed by atoms with Gasteiger partial charge in [0.05, 0.1) is 12.3 Å². The lowest BCUT2D eigenvalue weighted by Gasteiger charge is -2.31. The van der Waals surface area contributed by atoms with E-state index in [0.29, 0.717) is 48.3 Å². The van der Waals surface area contributed by atoms with E-state index < -0.39 is 0 Å². The Labute approximate surface area is 217 Å². The van der Waals surface area contributed by atoms with Crippen molar-refractivity contribution in [3.63, 3.8) is 0 Å². The first-order valence-corrected chi connectivity index (χ1v) is 12.4. The molecule has 1 aliphatic heterocycles. The first-order valence-electron chi connectivity index (χ1n) is 11.6. The third kappa shape index (κ3) is 6.29. The molecule has 5 rings (SSSR count). The molecule has 4 aromatic rings. The highest BCUT2D eigenvalue weighted by molar-refractivity contribution is 7.99. The molecule has 12 heteroatoms. The third-order valence-corrected chi connectivity index (χ3v) is 6.30. The number of rotatable bonds is 7. The van der Waals surface area contributed by atoms with Crippen LogP contribution in [0.4, 0.5) is 17.6 Å². The second kappa shape index (κ2) is 11.2. The van der Waals surface area contributed by atoms with E-state index in [1.165, 1.54) is 0 Å². The number of hydrogen-bond acceptors (Lipinski definition) is 11. The Morgan fingerprint density at radius 2 is 1.68 bits per heavy atom. The largest absolute Gasteiger partial charge is 0.437 e. The van der Waals surface area contributed by atoms with E-state index in [4.69, 9.17) is 10.5 Å². The number of nitrogen functional groups attached to an aromatic ring is 1. The Morgan fingerprint density at radius 3 is 2.41 bits per heavy atom. The number of nitrogens with zero attached hydrogens (tertiary/aromatic N) is 6. The summed E-state index contributed by atoms with van der Waals surface area (Å²) in [7, 11) is 0. The summed E-state index contributed by atoms with van der Waals surface area (Å²) in [6.45, 7) is 1.33. The number of carbonyl (C=O) groups excluding carboxylic acids is 1. The molecule has 4 N–H and O–H groups in total. The summed E-state index contributed by atoms with van der Waals surface area (Å²) in [4.78, 5) is 36.2. The van der Waals surface area contributed by atoms with Crippen LogP contribution in [0.1, 0.15) is 23.2 Å². The summed E-state index contributed by atoms with van der Waals surface area (Å²) < 4.78 is 6.11. The van der Waals surface area contributed by atoms with Gasteiger partial charge in [0.2, 0.25) is 22.9 Å². The number of ether oxygens (including phenoxy) is 1. The van der Waals surface area contributed by atoms with Crippen molar-refractivity contribution in [3.8, 4) is 11.6 Å². The van der Waals surface area contributed by atoms with Crippen LogP contribution in [0, 0.1) is 0 Å². The predicted octanol–water partition coefficient (Wildman–Crippen LogP) is 3.40. The molecule has 0 atom stereocenters. The topological polar surface area (TPSA) is 152 Å². The average Bonchev–Trinajstić information content (AvgIpc) is 2.90. The number of aliphatic hydroxyl groups excluding tert-OH is 1. The minimum Gasteiger partial charge on any atom is -0.437 e. The first-order chi connectivity index (χ1) is 18.0. The van der Waals surface area contributed by atoms with Gasteiger partial charge < -0.3 is 20.5 Å². The lowest BCUT2D eigenvalue weighted by atomic mass is 10.1. The lowest BCUT2D eigenvalue weighted by molar-refractivity contribution is 0.102. The van der Waals surface area contributed by atoms with E-state index in [1.807, 2.05) is 36.4 Å². The summed E-state index contributed by atoms with van der Waals surface area (Å²) in [5.41, 5.74) is 7.06. The minimum absolute atomic E-state index is 0.0214. The first kappa shape index (κ1) is 24.4. The number of para-hydroxylation sites is 1. The summed E-state index contributed by atoms with van der Waals surface area (Å²) in [5, 5.41) is 13.1. The molecule has 0 bridgehead atoms. The minimum atomic E-state index is -0.368. The molecule has 37 heavy (non-hydrogen) atoms. The third-order valence-electron chi connectivity index (χ3n) is 5.55. The van der Waals surface area contributed by atoms with Crippen molar-refractivity contribution in [3.05, 3.63) is 72.4 Å². The van der Waals surface area contributed by atoms with Gasteiger partial charge >= 0.3 is 0 Å². The fourth-order valence-electron chi connectivity index (χ4n) is 3.71. The van der Waals surface area contributed by atoms with Gasteiger partial charge in [-0.2, -0.15) is 19.9 Å². The summed E-state index contributed by atoms with van der Waals surface area (Å²) in [5.74, 6) is 0.608. The van der Waals surface area contributed by atoms with Crippen LogP contribution in [-0.2, 0) is 0 Å². The Kier molecular flexibility index (Phi) is 7.38. The molecule has 0 spiro atoms. The Morgan fingerprint density at radius 1 is 0.973 bits per heavy atom. The number of aliphatic hydroxyl groups is 1. The molecular formula is C25H24N8O3S. The number of hydrogen-bond donors (Lipinski definition) is 3. The maximum absolute atomic E-state index is 12.5. The van der Waals surface area contributed by atoms with Crippen LogP contribution in [0.2, 0.25) is 0 Å². The molecule has 2 aromatic carbocycles. The number of aromatic nitrogens is 5. The van der Waals surface area contributed by atoms with Crippen molar-refractivity contribution in [2.45, 2.75) is 29.3 Å². The maximum Gasteiger partial charge on any atom is 0.258 e. The molecule has 1 fully saturated rings. The van der Waals surface area contributed by atoms with Gasteiger partial charge in [0, 0.05) is 18.7 Å². The second-order valence-corrected chi connectivity index (χ2v) is 9.13. The average molecular weight is 517 g/mol. The van der Waals surface area contributed by atoms with Gasteiger partial charge in [0.15, 0.2) is 5.16 Å². The van der Waals surface area contributed by atoms with Crippen LogP contribution in [0.25, 0.3) is 0 Å². The number of benzene rings is 2. The normalized spacial score (nSPS) is 13.8. The highest BCUT2D eigenvalue weighted by Gasteiger charge is 2.23. The monoisotopic (exact) mass is 516 g/mol. The zero-order valence-electron chi connectivity index (χ0n) is 19.7. The second-order valence-electron chi connectivity index (χ2n) is 8.20.